The maximum atomic E-state index is 6.08. The van der Waals surface area contributed by atoms with Gasteiger partial charge in [0.25, 0.3) is 0 Å². The minimum absolute atomic E-state index is 0.294. The van der Waals surface area contributed by atoms with Gasteiger partial charge in [-0.3, -0.25) is 0 Å². The molecule has 1 N–H and O–H groups in total. The van der Waals surface area contributed by atoms with Gasteiger partial charge >= 0.3 is 0 Å². The first-order valence-corrected chi connectivity index (χ1v) is 8.92. The standard InChI is InChI=1S/C17H26BrClN2/c1-13-5-4-8-17(10-13,21(2)3)12-20-11-14-9-15(19)6-7-16(14)18/h6-7,9,13,20H,4-5,8,10-12H2,1-3H3. The van der Waals surface area contributed by atoms with Crippen LogP contribution in [0, 0.1) is 5.92 Å². The summed E-state index contributed by atoms with van der Waals surface area (Å²) in [6.45, 7) is 4.26. The van der Waals surface area contributed by atoms with Gasteiger partial charge in [0, 0.05) is 28.1 Å². The van der Waals surface area contributed by atoms with Crippen LogP contribution in [0.4, 0.5) is 0 Å². The normalized spacial score (nSPS) is 26.3. The van der Waals surface area contributed by atoms with Crippen LogP contribution in [0.15, 0.2) is 22.7 Å². The van der Waals surface area contributed by atoms with Gasteiger partial charge in [-0.05, 0) is 56.6 Å². The first kappa shape index (κ1) is 17.3. The van der Waals surface area contributed by atoms with Crippen LogP contribution >= 0.6 is 27.5 Å². The van der Waals surface area contributed by atoms with Crippen molar-refractivity contribution in [1.82, 2.24) is 10.2 Å². The van der Waals surface area contributed by atoms with E-state index < -0.39 is 0 Å². The molecule has 0 saturated heterocycles. The fourth-order valence-corrected chi connectivity index (χ4v) is 4.05. The van der Waals surface area contributed by atoms with Gasteiger partial charge in [-0.1, -0.05) is 47.3 Å². The molecule has 2 unspecified atom stereocenters. The van der Waals surface area contributed by atoms with Crippen molar-refractivity contribution in [2.24, 2.45) is 5.92 Å². The van der Waals surface area contributed by atoms with E-state index in [1.165, 1.54) is 31.2 Å². The summed E-state index contributed by atoms with van der Waals surface area (Å²) in [7, 11) is 4.43. The summed E-state index contributed by atoms with van der Waals surface area (Å²) in [6.07, 6.45) is 5.27. The highest BCUT2D eigenvalue weighted by atomic mass is 79.9. The number of hydrogen-bond acceptors (Lipinski definition) is 2. The highest BCUT2D eigenvalue weighted by Gasteiger charge is 2.36. The van der Waals surface area contributed by atoms with E-state index in [0.29, 0.717) is 5.54 Å². The van der Waals surface area contributed by atoms with E-state index in [-0.39, 0.29) is 0 Å². The van der Waals surface area contributed by atoms with E-state index >= 15 is 0 Å². The van der Waals surface area contributed by atoms with E-state index in [0.717, 1.165) is 28.5 Å². The van der Waals surface area contributed by atoms with Gasteiger partial charge in [-0.25, -0.2) is 0 Å². The highest BCUT2D eigenvalue weighted by Crippen LogP contribution is 2.35. The lowest BCUT2D eigenvalue weighted by molar-refractivity contribution is 0.0749. The topological polar surface area (TPSA) is 15.3 Å². The van der Waals surface area contributed by atoms with Crippen LogP contribution < -0.4 is 5.32 Å². The summed E-state index contributed by atoms with van der Waals surface area (Å²) >= 11 is 9.68. The third-order valence-electron chi connectivity index (χ3n) is 4.79. The van der Waals surface area contributed by atoms with Gasteiger partial charge in [0.15, 0.2) is 0 Å². The van der Waals surface area contributed by atoms with E-state index in [1.807, 2.05) is 18.2 Å². The lowest BCUT2D eigenvalue weighted by Crippen LogP contribution is -2.54. The maximum Gasteiger partial charge on any atom is 0.0410 e. The molecule has 1 aromatic rings. The fourth-order valence-electron chi connectivity index (χ4n) is 3.47. The van der Waals surface area contributed by atoms with Crippen LogP contribution in [0.2, 0.25) is 5.02 Å². The Bertz CT molecular complexity index is 478. The second kappa shape index (κ2) is 7.45. The Balaban J connectivity index is 1.98. The number of benzene rings is 1. The Labute approximate surface area is 142 Å². The summed E-state index contributed by atoms with van der Waals surface area (Å²) in [5.41, 5.74) is 1.52. The van der Waals surface area contributed by atoms with Crippen LogP contribution in [-0.4, -0.2) is 31.1 Å². The molecule has 1 aliphatic rings. The van der Waals surface area contributed by atoms with E-state index in [4.69, 9.17) is 11.6 Å². The molecular formula is C17H26BrClN2. The van der Waals surface area contributed by atoms with Crippen molar-refractivity contribution in [3.63, 3.8) is 0 Å². The van der Waals surface area contributed by atoms with Gasteiger partial charge in [0.2, 0.25) is 0 Å². The van der Waals surface area contributed by atoms with E-state index in [1.54, 1.807) is 0 Å². The highest BCUT2D eigenvalue weighted by molar-refractivity contribution is 9.10. The smallest absolute Gasteiger partial charge is 0.0410 e. The quantitative estimate of drug-likeness (QED) is 0.804. The summed E-state index contributed by atoms with van der Waals surface area (Å²) in [5, 5.41) is 4.45. The van der Waals surface area contributed by atoms with Crippen molar-refractivity contribution in [2.45, 2.75) is 44.7 Å². The molecule has 1 fully saturated rings. The van der Waals surface area contributed by atoms with E-state index in [2.05, 4.69) is 47.2 Å². The molecule has 118 valence electrons. The summed E-state index contributed by atoms with van der Waals surface area (Å²) in [6, 6.07) is 5.97. The largest absolute Gasteiger partial charge is 0.311 e. The summed E-state index contributed by atoms with van der Waals surface area (Å²) < 4.78 is 1.12. The number of nitrogens with zero attached hydrogens (tertiary/aromatic N) is 1. The molecule has 0 aromatic heterocycles. The molecule has 0 amide bonds. The number of likely N-dealkylation sites (N-methyl/N-ethyl adjacent to an activating group) is 1. The third-order valence-corrected chi connectivity index (χ3v) is 5.80. The van der Waals surface area contributed by atoms with Crippen LogP contribution in [-0.2, 0) is 6.54 Å². The van der Waals surface area contributed by atoms with Gasteiger partial charge < -0.3 is 10.2 Å². The summed E-state index contributed by atoms with van der Waals surface area (Å²) in [4.78, 5) is 2.42. The molecule has 1 aromatic carbocycles. The van der Waals surface area contributed by atoms with Crippen LogP contribution in [0.1, 0.15) is 38.2 Å². The monoisotopic (exact) mass is 372 g/mol. The van der Waals surface area contributed by atoms with Crippen molar-refractivity contribution in [1.29, 1.82) is 0 Å². The molecule has 0 bridgehead atoms. The molecule has 2 atom stereocenters. The number of halogens is 2. The second-order valence-electron chi connectivity index (χ2n) is 6.66. The fraction of sp³-hybridized carbons (Fsp3) is 0.647. The Hall–Kier alpha value is -0.0900. The minimum atomic E-state index is 0.294. The first-order chi connectivity index (χ1) is 9.93. The van der Waals surface area contributed by atoms with Gasteiger partial charge in [-0.2, -0.15) is 0 Å². The first-order valence-electron chi connectivity index (χ1n) is 7.75. The van der Waals surface area contributed by atoms with E-state index in [9.17, 15) is 0 Å². The number of rotatable bonds is 5. The molecule has 21 heavy (non-hydrogen) atoms. The Morgan fingerprint density at radius 2 is 2.19 bits per heavy atom. The third kappa shape index (κ3) is 4.44. The SMILES string of the molecule is CC1CCCC(CNCc2cc(Cl)ccc2Br)(N(C)C)C1. The van der Waals surface area contributed by atoms with Gasteiger partial charge in [0.1, 0.15) is 0 Å². The molecule has 1 aliphatic carbocycles. The zero-order chi connectivity index (χ0) is 15.5. The van der Waals surface area contributed by atoms with Crippen LogP contribution in [0.25, 0.3) is 0 Å². The molecule has 4 heteroatoms. The number of nitrogens with one attached hydrogen (secondary N) is 1. The Morgan fingerprint density at radius 3 is 2.86 bits per heavy atom. The van der Waals surface area contributed by atoms with Gasteiger partial charge in [0.05, 0.1) is 0 Å². The van der Waals surface area contributed by atoms with Crippen LogP contribution in [0.5, 0.6) is 0 Å². The zero-order valence-corrected chi connectivity index (χ0v) is 15.6. The molecule has 1 saturated carbocycles. The molecule has 0 aliphatic heterocycles. The Kier molecular flexibility index (Phi) is 6.13. The predicted octanol–water partition coefficient (Wildman–Crippen LogP) is 4.70. The zero-order valence-electron chi connectivity index (χ0n) is 13.3. The average Bonchev–Trinajstić information content (AvgIpc) is 2.42. The van der Waals surface area contributed by atoms with Gasteiger partial charge in [-0.15, -0.1) is 0 Å². The lowest BCUT2D eigenvalue weighted by Gasteiger charge is -2.45. The summed E-state index contributed by atoms with van der Waals surface area (Å²) in [5.74, 6) is 0.820. The second-order valence-corrected chi connectivity index (χ2v) is 7.95. The molecule has 0 radical (unpaired) electrons. The van der Waals surface area contributed by atoms with Crippen molar-refractivity contribution >= 4 is 27.5 Å². The maximum absolute atomic E-state index is 6.08. The van der Waals surface area contributed by atoms with Crippen molar-refractivity contribution in [3.8, 4) is 0 Å². The van der Waals surface area contributed by atoms with Crippen molar-refractivity contribution in [3.05, 3.63) is 33.3 Å². The predicted molar refractivity (Wildman–Crippen MR) is 94.9 cm³/mol. The molecule has 0 heterocycles. The lowest BCUT2D eigenvalue weighted by atomic mass is 9.75. The van der Waals surface area contributed by atoms with Crippen molar-refractivity contribution < 1.29 is 0 Å². The molecule has 2 nitrogen and oxygen atoms in total. The molecule has 0 spiro atoms. The molecular weight excluding hydrogens is 348 g/mol. The minimum Gasteiger partial charge on any atom is -0.311 e. The molecule has 2 rings (SSSR count). The average molecular weight is 374 g/mol. The Morgan fingerprint density at radius 1 is 1.43 bits per heavy atom. The number of hydrogen-bond donors (Lipinski definition) is 1. The van der Waals surface area contributed by atoms with Crippen LogP contribution in [0.3, 0.4) is 0 Å². The van der Waals surface area contributed by atoms with Crippen molar-refractivity contribution in [2.75, 3.05) is 20.6 Å².